The van der Waals surface area contributed by atoms with Gasteiger partial charge in [-0.05, 0) is 42.0 Å². The van der Waals surface area contributed by atoms with Crippen LogP contribution < -0.4 is 23.7 Å². The lowest BCUT2D eigenvalue weighted by Gasteiger charge is -2.27. The van der Waals surface area contributed by atoms with Crippen molar-refractivity contribution in [3.8, 4) is 28.7 Å². The van der Waals surface area contributed by atoms with Crippen LogP contribution in [0.2, 0.25) is 0 Å². The molecule has 1 unspecified atom stereocenters. The molecule has 0 N–H and O–H groups in total. The molecule has 0 bridgehead atoms. The zero-order valence-electron chi connectivity index (χ0n) is 20.9. The monoisotopic (exact) mass is 516 g/mol. The van der Waals surface area contributed by atoms with Crippen LogP contribution in [0.4, 0.5) is 0 Å². The highest BCUT2D eigenvalue weighted by molar-refractivity contribution is 6.15. The molecule has 0 amide bonds. The molecule has 0 saturated carbocycles. The summed E-state index contributed by atoms with van der Waals surface area (Å²) in [6, 6.07) is 15.5. The molecule has 0 fully saturated rings. The Labute approximate surface area is 218 Å². The maximum absolute atomic E-state index is 13.3. The van der Waals surface area contributed by atoms with Gasteiger partial charge in [-0.15, -0.1) is 0 Å². The molecule has 3 aromatic carbocycles. The number of methoxy groups -OCH3 is 3. The summed E-state index contributed by atoms with van der Waals surface area (Å²) in [4.78, 5) is 37.5. The minimum atomic E-state index is -0.539. The number of ketones is 1. The van der Waals surface area contributed by atoms with E-state index < -0.39 is 17.9 Å². The van der Waals surface area contributed by atoms with Crippen LogP contribution in [0.15, 0.2) is 60.4 Å². The molecule has 0 aromatic heterocycles. The van der Waals surface area contributed by atoms with Crippen LogP contribution in [0.5, 0.6) is 28.7 Å². The van der Waals surface area contributed by atoms with Gasteiger partial charge in [-0.2, -0.15) is 0 Å². The molecule has 2 aliphatic heterocycles. The van der Waals surface area contributed by atoms with Gasteiger partial charge in [-0.3, -0.25) is 9.59 Å². The number of hydrogen-bond acceptors (Lipinski definition) is 9. The summed E-state index contributed by atoms with van der Waals surface area (Å²) >= 11 is 0. The third kappa shape index (κ3) is 4.54. The van der Waals surface area contributed by atoms with Crippen LogP contribution in [0.1, 0.15) is 39.4 Å². The maximum atomic E-state index is 13.3. The quantitative estimate of drug-likeness (QED) is 0.258. The second kappa shape index (κ2) is 10.3. The van der Waals surface area contributed by atoms with Crippen molar-refractivity contribution in [3.05, 3.63) is 82.6 Å². The van der Waals surface area contributed by atoms with E-state index in [1.54, 1.807) is 67.8 Å². The smallest absolute Gasteiger partial charge is 0.343 e. The van der Waals surface area contributed by atoms with Gasteiger partial charge in [-0.25, -0.2) is 4.79 Å². The fourth-order valence-corrected chi connectivity index (χ4v) is 4.56. The predicted molar refractivity (Wildman–Crippen MR) is 135 cm³/mol. The molecule has 3 aromatic rings. The minimum Gasteiger partial charge on any atom is -0.493 e. The first kappa shape index (κ1) is 24.9. The Morgan fingerprint density at radius 2 is 1.74 bits per heavy atom. The van der Waals surface area contributed by atoms with E-state index in [1.807, 2.05) is 0 Å². The molecule has 38 heavy (non-hydrogen) atoms. The third-order valence-electron chi connectivity index (χ3n) is 6.35. The van der Waals surface area contributed by atoms with Crippen LogP contribution >= 0.6 is 0 Å². The van der Waals surface area contributed by atoms with Crippen molar-refractivity contribution in [1.82, 2.24) is 0 Å². The summed E-state index contributed by atoms with van der Waals surface area (Å²) in [6.07, 6.45) is 1.61. The van der Waals surface area contributed by atoms with Gasteiger partial charge in [0.05, 0.1) is 33.3 Å². The molecule has 0 saturated heterocycles. The van der Waals surface area contributed by atoms with Crippen molar-refractivity contribution in [2.75, 3.05) is 27.9 Å². The number of benzene rings is 3. The number of carbonyl (C=O) groups is 3. The number of Topliss-reactive ketones (excluding diaryl/α,β-unsaturated/α-hetero) is 1. The number of para-hydroxylation sites is 1. The van der Waals surface area contributed by atoms with Crippen LogP contribution in [-0.4, -0.2) is 45.7 Å². The molecule has 0 spiro atoms. The molecule has 5 rings (SSSR count). The van der Waals surface area contributed by atoms with Gasteiger partial charge in [0.15, 0.2) is 23.9 Å². The summed E-state index contributed by atoms with van der Waals surface area (Å²) in [5.74, 6) is 0.400. The average Bonchev–Trinajstić information content (AvgIpc) is 3.25. The number of esters is 2. The highest BCUT2D eigenvalue weighted by Gasteiger charge is 2.39. The lowest BCUT2D eigenvalue weighted by Crippen LogP contribution is -2.22. The average molecular weight is 517 g/mol. The van der Waals surface area contributed by atoms with Crippen molar-refractivity contribution in [1.29, 1.82) is 0 Å². The van der Waals surface area contributed by atoms with E-state index in [2.05, 4.69) is 4.74 Å². The molecule has 0 aliphatic carbocycles. The first-order chi connectivity index (χ1) is 18.4. The number of hydrogen-bond donors (Lipinski definition) is 0. The number of carbonyl (C=O) groups excluding carboxylic acids is 3. The molecule has 2 aliphatic rings. The Hall–Kier alpha value is -4.79. The standard InChI is InChI=1S/C29H24O9/c1-33-21-10-8-16(12-23(21)34-2)13-24-28(32)18-9-11-22-27(29(18)38-24)19(14-25(30)37-22)17-6-4-5-7-20(17)36-15-26(31)35-3/h4-13,19H,14-15H2,1-3H3. The zero-order chi connectivity index (χ0) is 26.8. The van der Waals surface area contributed by atoms with E-state index in [0.29, 0.717) is 51.0 Å². The van der Waals surface area contributed by atoms with E-state index >= 15 is 0 Å². The fraction of sp³-hybridized carbons (Fsp3) is 0.207. The van der Waals surface area contributed by atoms with E-state index in [4.69, 9.17) is 23.7 Å². The summed E-state index contributed by atoms with van der Waals surface area (Å²) in [5, 5.41) is 0. The van der Waals surface area contributed by atoms with Crippen LogP contribution in [0.25, 0.3) is 6.08 Å². The summed E-state index contributed by atoms with van der Waals surface area (Å²) < 4.78 is 32.7. The van der Waals surface area contributed by atoms with Gasteiger partial charge in [0, 0.05) is 17.0 Å². The molecule has 194 valence electrons. The van der Waals surface area contributed by atoms with Gasteiger partial charge in [-0.1, -0.05) is 24.3 Å². The molecule has 9 nitrogen and oxygen atoms in total. The normalized spacial score (nSPS) is 16.7. The van der Waals surface area contributed by atoms with Crippen LogP contribution in [0.3, 0.4) is 0 Å². The van der Waals surface area contributed by atoms with Gasteiger partial charge >= 0.3 is 11.9 Å². The van der Waals surface area contributed by atoms with E-state index in [-0.39, 0.29) is 24.6 Å². The molecule has 0 radical (unpaired) electrons. The highest BCUT2D eigenvalue weighted by Crippen LogP contribution is 2.50. The van der Waals surface area contributed by atoms with Crippen molar-refractivity contribution >= 4 is 23.8 Å². The van der Waals surface area contributed by atoms with Gasteiger partial charge in [0.1, 0.15) is 17.2 Å². The second-order valence-corrected chi connectivity index (χ2v) is 8.54. The molecule has 2 heterocycles. The second-order valence-electron chi connectivity index (χ2n) is 8.54. The largest absolute Gasteiger partial charge is 0.493 e. The molecule has 1 atom stereocenters. The lowest BCUT2D eigenvalue weighted by molar-refractivity contribution is -0.143. The Balaban J connectivity index is 1.55. The first-order valence-corrected chi connectivity index (χ1v) is 11.8. The SMILES string of the molecule is COC(=O)COc1ccccc1C1CC(=O)Oc2ccc3c(c21)OC(=Cc1ccc(OC)c(OC)c1)C3=O. The number of rotatable bonds is 7. The zero-order valence-corrected chi connectivity index (χ0v) is 20.9. The number of ether oxygens (including phenoxy) is 6. The maximum Gasteiger partial charge on any atom is 0.343 e. The summed E-state index contributed by atoms with van der Waals surface area (Å²) in [7, 11) is 4.35. The summed E-state index contributed by atoms with van der Waals surface area (Å²) in [5.41, 5.74) is 2.24. The van der Waals surface area contributed by atoms with E-state index in [0.717, 1.165) is 0 Å². The molecular formula is C29H24O9. The first-order valence-electron chi connectivity index (χ1n) is 11.8. The Morgan fingerprint density at radius 3 is 2.50 bits per heavy atom. The Bertz CT molecular complexity index is 1470. The van der Waals surface area contributed by atoms with Crippen LogP contribution in [0, 0.1) is 0 Å². The summed E-state index contributed by atoms with van der Waals surface area (Å²) in [6.45, 7) is -0.294. The fourth-order valence-electron chi connectivity index (χ4n) is 4.56. The van der Waals surface area contributed by atoms with E-state index in [1.165, 1.54) is 14.2 Å². The van der Waals surface area contributed by atoms with Crippen molar-refractivity contribution < 1.29 is 42.8 Å². The van der Waals surface area contributed by atoms with Crippen LogP contribution in [-0.2, 0) is 14.3 Å². The van der Waals surface area contributed by atoms with Crippen molar-refractivity contribution in [3.63, 3.8) is 0 Å². The van der Waals surface area contributed by atoms with E-state index in [9.17, 15) is 14.4 Å². The van der Waals surface area contributed by atoms with Gasteiger partial charge in [0.2, 0.25) is 5.78 Å². The predicted octanol–water partition coefficient (Wildman–Crippen LogP) is 4.31. The van der Waals surface area contributed by atoms with Gasteiger partial charge < -0.3 is 28.4 Å². The van der Waals surface area contributed by atoms with Gasteiger partial charge in [0.25, 0.3) is 0 Å². The topological polar surface area (TPSA) is 107 Å². The Morgan fingerprint density at radius 1 is 0.947 bits per heavy atom. The molecule has 9 heteroatoms. The molecular weight excluding hydrogens is 492 g/mol. The number of allylic oxidation sites excluding steroid dienone is 1. The minimum absolute atomic E-state index is 0.00563. The highest BCUT2D eigenvalue weighted by atomic mass is 16.6. The van der Waals surface area contributed by atoms with Crippen molar-refractivity contribution in [2.24, 2.45) is 0 Å². The Kier molecular flexibility index (Phi) is 6.74. The lowest BCUT2D eigenvalue weighted by atomic mass is 9.84. The number of fused-ring (bicyclic) bond motifs is 3. The third-order valence-corrected chi connectivity index (χ3v) is 6.35. The van der Waals surface area contributed by atoms with Crippen molar-refractivity contribution in [2.45, 2.75) is 12.3 Å².